The van der Waals surface area contributed by atoms with E-state index in [1.807, 2.05) is 0 Å². The molecule has 3 heteroatoms. The first-order chi connectivity index (χ1) is 22.7. The van der Waals surface area contributed by atoms with Crippen molar-refractivity contribution in [1.29, 1.82) is 0 Å². The molecule has 0 amide bonds. The van der Waals surface area contributed by atoms with Crippen molar-refractivity contribution in [3.63, 3.8) is 0 Å². The van der Waals surface area contributed by atoms with Crippen LogP contribution in [0.5, 0.6) is 0 Å². The number of halogens is 2. The van der Waals surface area contributed by atoms with E-state index in [0.29, 0.717) is 0 Å². The maximum Gasteiger partial charge on any atom is 2.00 e. The van der Waals surface area contributed by atoms with Gasteiger partial charge in [0.1, 0.15) is 0 Å². The van der Waals surface area contributed by atoms with E-state index in [1.54, 1.807) is 0 Å². The molecule has 0 spiro atoms. The Labute approximate surface area is 348 Å². The quantitative estimate of drug-likeness (QED) is 0.154. The molecule has 0 nitrogen and oxygen atoms in total. The summed E-state index contributed by atoms with van der Waals surface area (Å²) >= 11 is 0. The number of benzene rings is 4. The first-order valence-electron chi connectivity index (χ1n) is 17.9. The van der Waals surface area contributed by atoms with E-state index in [9.17, 15) is 0 Å². The van der Waals surface area contributed by atoms with Crippen molar-refractivity contribution >= 4 is 21.5 Å². The Morgan fingerprint density at radius 2 is 0.731 bits per heavy atom. The molecule has 0 aliphatic heterocycles. The summed E-state index contributed by atoms with van der Waals surface area (Å²) in [6.07, 6.45) is 0.750. The average Bonchev–Trinajstić information content (AvgIpc) is 3.67. The van der Waals surface area contributed by atoms with Gasteiger partial charge >= 0.3 is 26.2 Å². The fraction of sp³-hybridized carbons (Fsp3) is 0.347. The minimum absolute atomic E-state index is 0. The van der Waals surface area contributed by atoms with Gasteiger partial charge in [-0.05, 0) is 43.9 Å². The fourth-order valence-electron chi connectivity index (χ4n) is 6.14. The molecule has 0 unspecified atom stereocenters. The zero-order chi connectivity index (χ0) is 36.4. The van der Waals surface area contributed by atoms with Crippen molar-refractivity contribution in [1.82, 2.24) is 0 Å². The van der Waals surface area contributed by atoms with Crippen LogP contribution in [0.15, 0.2) is 109 Å². The van der Waals surface area contributed by atoms with Crippen molar-refractivity contribution in [2.45, 2.75) is 111 Å². The Morgan fingerprint density at radius 3 is 0.981 bits per heavy atom. The zero-order valence-corrected chi connectivity index (χ0v) is 37.7. The first kappa shape index (κ1) is 47.6. The third-order valence-corrected chi connectivity index (χ3v) is 9.36. The van der Waals surface area contributed by atoms with Crippen LogP contribution in [0.2, 0.25) is 0 Å². The Morgan fingerprint density at radius 1 is 0.442 bits per heavy atom. The molecule has 0 saturated carbocycles. The Bertz CT molecular complexity index is 1810. The number of rotatable bonds is 2. The molecule has 0 heterocycles. The van der Waals surface area contributed by atoms with Crippen molar-refractivity contribution in [3.8, 4) is 22.3 Å². The van der Waals surface area contributed by atoms with Crippen LogP contribution in [0, 0.1) is 13.8 Å². The van der Waals surface area contributed by atoms with E-state index < -0.39 is 0 Å². The standard InChI is InChI=1S/2C23H27.C3H6.2ClH.Zr/c2*1-22(2,3)18-12-10-16(11-13-18)20-9-7-8-17-14-19(15-21(17)20)23(4,5)6;1-3-2;;;/h2*7-15H,1-6H3;1-3H2;2*1H;/q2*-1;-2;;;+2/p-2. The van der Waals surface area contributed by atoms with E-state index >= 15 is 0 Å². The molecule has 0 aliphatic rings. The molecule has 0 radical (unpaired) electrons. The smallest absolute Gasteiger partial charge is 1.00 e. The fourth-order valence-corrected chi connectivity index (χ4v) is 6.14. The molecule has 278 valence electrons. The normalized spacial score (nSPS) is 11.7. The Balaban J connectivity index is 0.000000459. The predicted molar refractivity (Wildman–Crippen MR) is 220 cm³/mol. The van der Waals surface area contributed by atoms with Gasteiger partial charge in [-0.15, -0.1) is 69.1 Å². The molecule has 6 rings (SSSR count). The van der Waals surface area contributed by atoms with Crippen LogP contribution in [0.25, 0.3) is 43.8 Å². The molecule has 0 aromatic heterocycles. The number of hydrogen-bond acceptors (Lipinski definition) is 0. The summed E-state index contributed by atoms with van der Waals surface area (Å²) < 4.78 is 0. The van der Waals surface area contributed by atoms with Crippen molar-refractivity contribution in [2.24, 2.45) is 0 Å². The van der Waals surface area contributed by atoms with Crippen LogP contribution >= 0.6 is 0 Å². The monoisotopic (exact) mass is 808 g/mol. The molecule has 0 saturated heterocycles. The number of hydrogen-bond donors (Lipinski definition) is 0. The van der Waals surface area contributed by atoms with Gasteiger partial charge < -0.3 is 45.1 Å². The van der Waals surface area contributed by atoms with Gasteiger partial charge in [0, 0.05) is 0 Å². The molecule has 6 aromatic rings. The van der Waals surface area contributed by atoms with Crippen molar-refractivity contribution < 1.29 is 51.0 Å². The molecular weight excluding hydrogens is 751 g/mol. The van der Waals surface area contributed by atoms with E-state index in [0.717, 1.165) is 6.42 Å². The summed E-state index contributed by atoms with van der Waals surface area (Å²) in [5.74, 6) is 0. The second kappa shape index (κ2) is 18.7. The van der Waals surface area contributed by atoms with E-state index in [2.05, 4.69) is 206 Å². The second-order valence-corrected chi connectivity index (χ2v) is 17.6. The van der Waals surface area contributed by atoms with Crippen molar-refractivity contribution in [2.75, 3.05) is 0 Å². The Kier molecular flexibility index (Phi) is 17.1. The molecule has 52 heavy (non-hydrogen) atoms. The van der Waals surface area contributed by atoms with Gasteiger partial charge in [-0.2, -0.15) is 12.1 Å². The molecule has 0 fully saturated rings. The van der Waals surface area contributed by atoms with Crippen LogP contribution in [0.1, 0.15) is 112 Å². The zero-order valence-electron chi connectivity index (χ0n) is 33.8. The minimum atomic E-state index is 0. The third kappa shape index (κ3) is 11.8. The third-order valence-electron chi connectivity index (χ3n) is 9.36. The summed E-state index contributed by atoms with van der Waals surface area (Å²) in [5.41, 5.74) is 11.6. The first-order valence-corrected chi connectivity index (χ1v) is 17.9. The molecule has 0 bridgehead atoms. The molecule has 0 atom stereocenters. The second-order valence-electron chi connectivity index (χ2n) is 17.6. The van der Waals surface area contributed by atoms with Gasteiger partial charge in [0.05, 0.1) is 0 Å². The molecular formula is C49H60Cl2Zr-4. The van der Waals surface area contributed by atoms with E-state index in [1.165, 1.54) is 66.1 Å². The van der Waals surface area contributed by atoms with Gasteiger partial charge in [0.25, 0.3) is 0 Å². The predicted octanol–water partition coefficient (Wildman–Crippen LogP) is 8.69. The SMILES string of the molecule is CC(C)(C)c1ccc(-c2cccc3[cH-]c(C(C)(C)C)cc23)cc1.CC(C)(C)c1ccc(-c2cccc3[cH-]c(C(C)(C)C)cc23)cc1.[CH2-]C[CH2-].[Cl-].[Cl-].[Zr+2]. The van der Waals surface area contributed by atoms with E-state index in [-0.39, 0.29) is 72.7 Å². The average molecular weight is 811 g/mol. The summed E-state index contributed by atoms with van der Waals surface area (Å²) in [6, 6.07) is 40.8. The molecule has 6 aromatic carbocycles. The van der Waals surface area contributed by atoms with Gasteiger partial charge in [-0.1, -0.05) is 155 Å². The van der Waals surface area contributed by atoms with Crippen LogP contribution in [-0.2, 0) is 47.9 Å². The maximum atomic E-state index is 3.38. The van der Waals surface area contributed by atoms with Gasteiger partial charge in [0.2, 0.25) is 0 Å². The van der Waals surface area contributed by atoms with Crippen LogP contribution in [0.3, 0.4) is 0 Å². The van der Waals surface area contributed by atoms with Crippen LogP contribution in [0.4, 0.5) is 0 Å². The summed E-state index contributed by atoms with van der Waals surface area (Å²) in [5, 5.41) is 5.40. The summed E-state index contributed by atoms with van der Waals surface area (Å²) in [7, 11) is 0. The van der Waals surface area contributed by atoms with Crippen LogP contribution < -0.4 is 24.8 Å². The largest absolute Gasteiger partial charge is 2.00 e. The van der Waals surface area contributed by atoms with Gasteiger partial charge in [-0.3, -0.25) is 0 Å². The Hall–Kier alpha value is -2.44. The summed E-state index contributed by atoms with van der Waals surface area (Å²) in [6.45, 7) is 34.0. The van der Waals surface area contributed by atoms with Crippen LogP contribution in [-0.4, -0.2) is 0 Å². The summed E-state index contributed by atoms with van der Waals surface area (Å²) in [4.78, 5) is 0. The molecule has 0 N–H and O–H groups in total. The van der Waals surface area contributed by atoms with Crippen molar-refractivity contribution in [3.05, 3.63) is 145 Å². The maximum absolute atomic E-state index is 3.38. The minimum Gasteiger partial charge on any atom is -1.00 e. The van der Waals surface area contributed by atoms with Gasteiger partial charge in [-0.25, -0.2) is 0 Å². The van der Waals surface area contributed by atoms with Gasteiger partial charge in [0.15, 0.2) is 0 Å². The van der Waals surface area contributed by atoms with E-state index in [4.69, 9.17) is 0 Å². The topological polar surface area (TPSA) is 0 Å². The molecule has 0 aliphatic carbocycles. The number of fused-ring (bicyclic) bond motifs is 2.